The average molecular weight is 256 g/mol. The van der Waals surface area contributed by atoms with Crippen molar-refractivity contribution < 1.29 is 0 Å². The maximum absolute atomic E-state index is 6.09. The SMILES string of the molecule is CCc1cnn(-c2c(Cl)cccc2Cl)c1N. The summed E-state index contributed by atoms with van der Waals surface area (Å²) in [6.45, 7) is 2.02. The lowest BCUT2D eigenvalue weighted by Gasteiger charge is -2.08. The van der Waals surface area contributed by atoms with Crippen LogP contribution in [0.25, 0.3) is 5.69 Å². The van der Waals surface area contributed by atoms with E-state index in [9.17, 15) is 0 Å². The highest BCUT2D eigenvalue weighted by atomic mass is 35.5. The molecule has 2 N–H and O–H groups in total. The second-order valence-electron chi connectivity index (χ2n) is 3.39. The first-order valence-corrected chi connectivity index (χ1v) is 5.67. The first-order chi connectivity index (χ1) is 7.65. The maximum atomic E-state index is 6.09. The molecule has 0 aliphatic heterocycles. The first-order valence-electron chi connectivity index (χ1n) is 4.92. The molecule has 0 fully saturated rings. The highest BCUT2D eigenvalue weighted by molar-refractivity contribution is 6.37. The van der Waals surface area contributed by atoms with Gasteiger partial charge in [-0.05, 0) is 18.6 Å². The summed E-state index contributed by atoms with van der Waals surface area (Å²) in [5, 5.41) is 5.27. The Bertz CT molecular complexity index is 500. The lowest BCUT2D eigenvalue weighted by molar-refractivity contribution is 0.891. The van der Waals surface area contributed by atoms with Gasteiger partial charge >= 0.3 is 0 Å². The van der Waals surface area contributed by atoms with E-state index in [4.69, 9.17) is 28.9 Å². The third-order valence-corrected chi connectivity index (χ3v) is 3.03. The van der Waals surface area contributed by atoms with Crippen molar-refractivity contribution in [2.24, 2.45) is 0 Å². The van der Waals surface area contributed by atoms with Gasteiger partial charge in [0.2, 0.25) is 0 Å². The van der Waals surface area contributed by atoms with Crippen molar-refractivity contribution >= 4 is 29.0 Å². The molecule has 3 nitrogen and oxygen atoms in total. The summed E-state index contributed by atoms with van der Waals surface area (Å²) < 4.78 is 1.57. The number of nitrogens with two attached hydrogens (primary N) is 1. The highest BCUT2D eigenvalue weighted by Crippen LogP contribution is 2.30. The van der Waals surface area contributed by atoms with Crippen LogP contribution in [0.5, 0.6) is 0 Å². The van der Waals surface area contributed by atoms with Gasteiger partial charge in [0.25, 0.3) is 0 Å². The van der Waals surface area contributed by atoms with Gasteiger partial charge in [0, 0.05) is 5.56 Å². The topological polar surface area (TPSA) is 43.8 Å². The Morgan fingerprint density at radius 1 is 1.31 bits per heavy atom. The smallest absolute Gasteiger partial charge is 0.130 e. The van der Waals surface area contributed by atoms with Crippen LogP contribution in [0.15, 0.2) is 24.4 Å². The van der Waals surface area contributed by atoms with Gasteiger partial charge in [-0.2, -0.15) is 5.10 Å². The lowest BCUT2D eigenvalue weighted by Crippen LogP contribution is -2.04. The van der Waals surface area contributed by atoms with E-state index in [1.165, 1.54) is 0 Å². The van der Waals surface area contributed by atoms with Crippen molar-refractivity contribution in [2.75, 3.05) is 5.73 Å². The molecule has 0 bridgehead atoms. The summed E-state index contributed by atoms with van der Waals surface area (Å²) in [7, 11) is 0. The van der Waals surface area contributed by atoms with Gasteiger partial charge in [-0.15, -0.1) is 0 Å². The predicted octanol–water partition coefficient (Wildman–Crippen LogP) is 3.32. The monoisotopic (exact) mass is 255 g/mol. The molecule has 0 atom stereocenters. The van der Waals surface area contributed by atoms with E-state index in [-0.39, 0.29) is 0 Å². The van der Waals surface area contributed by atoms with Crippen molar-refractivity contribution in [1.29, 1.82) is 0 Å². The van der Waals surface area contributed by atoms with E-state index < -0.39 is 0 Å². The third-order valence-electron chi connectivity index (χ3n) is 2.42. The van der Waals surface area contributed by atoms with Gasteiger partial charge < -0.3 is 5.73 Å². The van der Waals surface area contributed by atoms with Gasteiger partial charge in [-0.3, -0.25) is 0 Å². The molecule has 0 radical (unpaired) electrons. The molecule has 1 aromatic heterocycles. The molecule has 0 unspecified atom stereocenters. The van der Waals surface area contributed by atoms with Crippen LogP contribution in [-0.2, 0) is 6.42 Å². The first kappa shape index (κ1) is 11.3. The Labute approximate surface area is 104 Å². The van der Waals surface area contributed by atoms with E-state index >= 15 is 0 Å². The second-order valence-corrected chi connectivity index (χ2v) is 4.21. The minimum atomic E-state index is 0.532. The molecule has 0 aliphatic carbocycles. The van der Waals surface area contributed by atoms with Crippen molar-refractivity contribution in [3.8, 4) is 5.69 Å². The van der Waals surface area contributed by atoms with Crippen LogP contribution in [0.2, 0.25) is 10.0 Å². The number of nitrogens with zero attached hydrogens (tertiary/aromatic N) is 2. The Morgan fingerprint density at radius 3 is 2.44 bits per heavy atom. The predicted molar refractivity (Wildman–Crippen MR) is 67.4 cm³/mol. The molecule has 0 spiro atoms. The molecule has 84 valence electrons. The van der Waals surface area contributed by atoms with Crippen LogP contribution in [0.1, 0.15) is 12.5 Å². The number of hydrogen-bond acceptors (Lipinski definition) is 2. The summed E-state index contributed by atoms with van der Waals surface area (Å²) in [4.78, 5) is 0. The van der Waals surface area contributed by atoms with Crippen LogP contribution in [0.4, 0.5) is 5.82 Å². The molecular formula is C11H11Cl2N3. The fourth-order valence-electron chi connectivity index (χ4n) is 1.53. The zero-order valence-electron chi connectivity index (χ0n) is 8.74. The van der Waals surface area contributed by atoms with Crippen LogP contribution < -0.4 is 5.73 Å². The second kappa shape index (κ2) is 4.36. The van der Waals surface area contributed by atoms with Gasteiger partial charge in [-0.1, -0.05) is 36.2 Å². The molecule has 0 saturated carbocycles. The van der Waals surface area contributed by atoms with E-state index in [2.05, 4.69) is 5.10 Å². The van der Waals surface area contributed by atoms with Crippen molar-refractivity contribution in [1.82, 2.24) is 9.78 Å². The number of aromatic nitrogens is 2. The summed E-state index contributed by atoms with van der Waals surface area (Å²) in [5.74, 6) is 0.581. The van der Waals surface area contributed by atoms with E-state index in [0.717, 1.165) is 12.0 Å². The fraction of sp³-hybridized carbons (Fsp3) is 0.182. The molecule has 5 heteroatoms. The molecule has 0 aliphatic rings. The van der Waals surface area contributed by atoms with E-state index in [0.29, 0.717) is 21.6 Å². The third kappa shape index (κ3) is 1.77. The summed E-state index contributed by atoms with van der Waals surface area (Å²) in [5.41, 5.74) is 7.58. The quantitative estimate of drug-likeness (QED) is 0.895. The van der Waals surface area contributed by atoms with Crippen LogP contribution in [0.3, 0.4) is 0 Å². The molecule has 1 aromatic carbocycles. The minimum absolute atomic E-state index is 0.532. The molecule has 0 saturated heterocycles. The van der Waals surface area contributed by atoms with Crippen LogP contribution in [-0.4, -0.2) is 9.78 Å². The number of anilines is 1. The maximum Gasteiger partial charge on any atom is 0.130 e. The molecule has 1 heterocycles. The van der Waals surface area contributed by atoms with Crippen molar-refractivity contribution in [2.45, 2.75) is 13.3 Å². The average Bonchev–Trinajstić information content (AvgIpc) is 2.60. The van der Waals surface area contributed by atoms with Gasteiger partial charge in [-0.25, -0.2) is 4.68 Å². The van der Waals surface area contributed by atoms with Crippen molar-refractivity contribution in [3.63, 3.8) is 0 Å². The summed E-state index contributed by atoms with van der Waals surface area (Å²) in [6, 6.07) is 5.31. The molecular weight excluding hydrogens is 245 g/mol. The fourth-order valence-corrected chi connectivity index (χ4v) is 2.09. The van der Waals surface area contributed by atoms with Gasteiger partial charge in [0.15, 0.2) is 0 Å². The van der Waals surface area contributed by atoms with Crippen LogP contribution >= 0.6 is 23.2 Å². The number of hydrogen-bond donors (Lipinski definition) is 1. The standard InChI is InChI=1S/C11H11Cl2N3/c1-2-7-6-15-16(11(7)14)10-8(12)4-3-5-9(10)13/h3-6H,2,14H2,1H3. The number of rotatable bonds is 2. The van der Waals surface area contributed by atoms with E-state index in [1.807, 2.05) is 6.92 Å². The number of nitrogen functional groups attached to an aromatic ring is 1. The normalized spacial score (nSPS) is 10.7. The highest BCUT2D eigenvalue weighted by Gasteiger charge is 2.13. The number of para-hydroxylation sites is 1. The van der Waals surface area contributed by atoms with Crippen molar-refractivity contribution in [3.05, 3.63) is 40.0 Å². The minimum Gasteiger partial charge on any atom is -0.383 e. The molecule has 2 rings (SSSR count). The molecule has 2 aromatic rings. The molecule has 0 amide bonds. The summed E-state index contributed by atoms with van der Waals surface area (Å²) in [6.07, 6.45) is 2.56. The number of halogens is 2. The Kier molecular flexibility index (Phi) is 3.08. The number of aryl methyl sites for hydroxylation is 1. The van der Waals surface area contributed by atoms with Gasteiger partial charge in [0.05, 0.1) is 16.2 Å². The largest absolute Gasteiger partial charge is 0.383 e. The Hall–Kier alpha value is -1.19. The molecule has 16 heavy (non-hydrogen) atoms. The summed E-state index contributed by atoms with van der Waals surface area (Å²) >= 11 is 12.2. The van der Waals surface area contributed by atoms with Crippen LogP contribution in [0, 0.1) is 0 Å². The van der Waals surface area contributed by atoms with E-state index in [1.54, 1.807) is 29.1 Å². The number of benzene rings is 1. The lowest BCUT2D eigenvalue weighted by atomic mass is 10.2. The Balaban J connectivity index is 2.63. The zero-order valence-corrected chi connectivity index (χ0v) is 10.3. The Morgan fingerprint density at radius 2 is 1.94 bits per heavy atom. The van der Waals surface area contributed by atoms with Gasteiger partial charge in [0.1, 0.15) is 11.5 Å². The zero-order chi connectivity index (χ0) is 11.7.